The van der Waals surface area contributed by atoms with Gasteiger partial charge in [0.1, 0.15) is 41.6 Å². The Morgan fingerprint density at radius 3 is 1.81 bits per heavy atom. The molecule has 1 saturated heterocycles. The number of rotatable bonds is 14. The maximum absolute atomic E-state index is 14.2. The molecule has 57 heavy (non-hydrogen) atoms. The number of carbonyl (C=O) groups is 2. The highest BCUT2D eigenvalue weighted by Crippen LogP contribution is 2.45. The Morgan fingerprint density at radius 1 is 0.772 bits per heavy atom. The largest absolute Gasteiger partial charge is 0.497 e. The van der Waals surface area contributed by atoms with Gasteiger partial charge in [0, 0.05) is 25.9 Å². The van der Waals surface area contributed by atoms with Crippen molar-refractivity contribution in [1.82, 2.24) is 15.1 Å². The fourth-order valence-electron chi connectivity index (χ4n) is 7.07. The number of likely N-dealkylation sites (N-methyl/N-ethyl adjacent to an activating group) is 1. The van der Waals surface area contributed by atoms with Crippen LogP contribution in [-0.4, -0.2) is 95.7 Å². The summed E-state index contributed by atoms with van der Waals surface area (Å²) in [7, 11) is 4.09. The van der Waals surface area contributed by atoms with Crippen molar-refractivity contribution in [2.75, 3.05) is 35.0 Å². The van der Waals surface area contributed by atoms with Gasteiger partial charge in [0.25, 0.3) is 5.91 Å². The zero-order chi connectivity index (χ0) is 41.0. The molecule has 1 fully saturated rings. The lowest BCUT2D eigenvalue weighted by molar-refractivity contribution is -0.103. The highest BCUT2D eigenvalue weighted by molar-refractivity contribution is 6.74. The summed E-state index contributed by atoms with van der Waals surface area (Å²) < 4.78 is 38.7. The van der Waals surface area contributed by atoms with Gasteiger partial charge in [0.05, 0.1) is 20.8 Å². The molecule has 0 spiro atoms. The zero-order valence-electron chi connectivity index (χ0n) is 34.3. The number of nitrogens with one attached hydrogen (secondary N) is 1. The number of ether oxygens (including phenoxy) is 5. The van der Waals surface area contributed by atoms with Gasteiger partial charge in [-0.2, -0.15) is 0 Å². The quantitative estimate of drug-likeness (QED) is 0.102. The monoisotopic (exact) mass is 793 g/mol. The van der Waals surface area contributed by atoms with Crippen LogP contribution in [0.4, 0.5) is 4.79 Å². The molecule has 0 aromatic heterocycles. The summed E-state index contributed by atoms with van der Waals surface area (Å²) >= 11 is 0. The molecule has 6 rings (SSSR count). The molecular formula is C45H55N3O8Si. The Morgan fingerprint density at radius 2 is 1.30 bits per heavy atom. The second kappa shape index (κ2) is 17.2. The van der Waals surface area contributed by atoms with Crippen LogP contribution < -0.4 is 14.8 Å². The molecular weight excluding hydrogens is 739 g/mol. The molecule has 0 saturated carbocycles. The lowest BCUT2D eigenvalue weighted by Crippen LogP contribution is -2.58. The number of carbonyl (C=O) groups excluding carboxylic acids is 2. The highest BCUT2D eigenvalue weighted by atomic mass is 28.4. The van der Waals surface area contributed by atoms with Crippen LogP contribution in [0.5, 0.6) is 11.5 Å². The normalized spacial score (nSPS) is 21.4. The highest BCUT2D eigenvalue weighted by Gasteiger charge is 2.54. The molecule has 0 aliphatic carbocycles. The van der Waals surface area contributed by atoms with Crippen LogP contribution in [0.1, 0.15) is 47.8 Å². The van der Waals surface area contributed by atoms with Gasteiger partial charge in [-0.1, -0.05) is 93.6 Å². The first-order chi connectivity index (χ1) is 27.2. The molecule has 2 aliphatic rings. The smallest absolute Gasteiger partial charge is 0.327 e. The van der Waals surface area contributed by atoms with Gasteiger partial charge in [-0.3, -0.25) is 9.69 Å². The lowest BCUT2D eigenvalue weighted by atomic mass is 9.80. The third kappa shape index (κ3) is 8.51. The van der Waals surface area contributed by atoms with E-state index in [1.807, 2.05) is 84.9 Å². The number of urea groups is 1. The van der Waals surface area contributed by atoms with Crippen molar-refractivity contribution in [2.24, 2.45) is 0 Å². The average Bonchev–Trinajstić information content (AvgIpc) is 3.56. The third-order valence-electron chi connectivity index (χ3n) is 11.4. The van der Waals surface area contributed by atoms with Crippen LogP contribution in [0.3, 0.4) is 0 Å². The Bertz CT molecular complexity index is 1940. The van der Waals surface area contributed by atoms with Crippen molar-refractivity contribution >= 4 is 20.3 Å². The van der Waals surface area contributed by atoms with Crippen molar-refractivity contribution in [3.63, 3.8) is 0 Å². The molecule has 3 amide bonds. The van der Waals surface area contributed by atoms with Gasteiger partial charge < -0.3 is 38.3 Å². The van der Waals surface area contributed by atoms with Gasteiger partial charge in [0.15, 0.2) is 14.5 Å². The van der Waals surface area contributed by atoms with E-state index in [2.05, 4.69) is 39.2 Å². The van der Waals surface area contributed by atoms with E-state index in [-0.39, 0.29) is 23.6 Å². The number of nitrogens with zero attached hydrogens (tertiary/aromatic N) is 2. The number of benzene rings is 4. The standard InChI is InChI=1S/C45H55N3O8Si/c1-44(2,3)57(8,9)56-39-37(55-42(40(39)53-7)48-29-28-38(47(4)43(48)50)46-41(49)31-16-12-10-13-17-31)30-54-45(32-18-14-11-15-19-32,33-20-24-35(51-5)25-21-33)34-22-26-36(52-6)27-23-34/h10-29,37-40,42H,30H2,1-9H3,(H,46,49)/t37-,38?,39?,40-,42-/m1/s1. The predicted molar refractivity (Wildman–Crippen MR) is 222 cm³/mol. The van der Waals surface area contributed by atoms with E-state index in [0.717, 1.165) is 16.7 Å². The maximum atomic E-state index is 14.2. The predicted octanol–water partition coefficient (Wildman–Crippen LogP) is 7.78. The van der Waals surface area contributed by atoms with Crippen LogP contribution in [-0.2, 0) is 24.2 Å². The van der Waals surface area contributed by atoms with Gasteiger partial charge in [-0.25, -0.2) is 4.79 Å². The van der Waals surface area contributed by atoms with E-state index in [1.54, 1.807) is 64.9 Å². The Kier molecular flexibility index (Phi) is 12.6. The summed E-state index contributed by atoms with van der Waals surface area (Å²) in [5.41, 5.74) is 2.03. The van der Waals surface area contributed by atoms with Crippen molar-refractivity contribution in [2.45, 2.75) is 75.2 Å². The average molecular weight is 794 g/mol. The molecule has 0 bridgehead atoms. The molecule has 2 heterocycles. The summed E-state index contributed by atoms with van der Waals surface area (Å²) in [5.74, 6) is 1.14. The van der Waals surface area contributed by atoms with E-state index >= 15 is 0 Å². The summed E-state index contributed by atoms with van der Waals surface area (Å²) in [5, 5.41) is 2.80. The molecule has 5 atom stereocenters. The molecule has 302 valence electrons. The lowest BCUT2D eigenvalue weighted by Gasteiger charge is -2.41. The molecule has 0 radical (unpaired) electrons. The molecule has 11 nitrogen and oxygen atoms in total. The number of hydrogen-bond donors (Lipinski definition) is 1. The minimum atomic E-state index is -2.45. The van der Waals surface area contributed by atoms with Gasteiger partial charge in [-0.15, -0.1) is 0 Å². The van der Waals surface area contributed by atoms with Gasteiger partial charge in [0.2, 0.25) is 0 Å². The number of amides is 3. The van der Waals surface area contributed by atoms with Crippen LogP contribution in [0, 0.1) is 0 Å². The molecule has 4 aromatic carbocycles. The van der Waals surface area contributed by atoms with E-state index in [9.17, 15) is 9.59 Å². The van der Waals surface area contributed by atoms with Crippen LogP contribution in [0.25, 0.3) is 0 Å². The van der Waals surface area contributed by atoms with Crippen LogP contribution in [0.2, 0.25) is 18.1 Å². The Hall–Kier alpha value is -4.98. The third-order valence-corrected chi connectivity index (χ3v) is 15.9. The fraction of sp³-hybridized carbons (Fsp3) is 0.378. The summed E-state index contributed by atoms with van der Waals surface area (Å²) in [6.45, 7) is 11.0. The van der Waals surface area contributed by atoms with Crippen molar-refractivity contribution < 1.29 is 37.7 Å². The van der Waals surface area contributed by atoms with Crippen molar-refractivity contribution in [3.8, 4) is 11.5 Å². The van der Waals surface area contributed by atoms with E-state index in [4.69, 9.17) is 28.1 Å². The maximum Gasteiger partial charge on any atom is 0.327 e. The van der Waals surface area contributed by atoms with Gasteiger partial charge in [-0.05, 0) is 77.3 Å². The summed E-state index contributed by atoms with van der Waals surface area (Å²) in [4.78, 5) is 30.2. The van der Waals surface area contributed by atoms with Crippen LogP contribution >= 0.6 is 0 Å². The SMILES string of the molecule is COc1ccc(C(OC[C@H]2O[C@@H](N3C=CC(NC(=O)c4ccccc4)N(C)C3=O)[C@H](OC)C2O[Si](C)(C)C(C)(C)C)(c2ccccc2)c2ccc(OC)cc2)cc1. The summed E-state index contributed by atoms with van der Waals surface area (Å²) in [6, 6.07) is 34.3. The second-order valence-electron chi connectivity index (χ2n) is 15.9. The zero-order valence-corrected chi connectivity index (χ0v) is 35.3. The molecule has 1 N–H and O–H groups in total. The Balaban J connectivity index is 1.39. The van der Waals surface area contributed by atoms with E-state index < -0.39 is 44.6 Å². The first kappa shape index (κ1) is 41.6. The van der Waals surface area contributed by atoms with Crippen molar-refractivity contribution in [3.05, 3.63) is 144 Å². The van der Waals surface area contributed by atoms with E-state index in [0.29, 0.717) is 17.1 Å². The first-order valence-electron chi connectivity index (χ1n) is 19.2. The summed E-state index contributed by atoms with van der Waals surface area (Å²) in [6.07, 6.45) is -0.0900. The topological polar surface area (TPSA) is 108 Å². The minimum absolute atomic E-state index is 0.0694. The molecule has 4 aromatic rings. The first-order valence-corrected chi connectivity index (χ1v) is 22.1. The minimum Gasteiger partial charge on any atom is -0.497 e. The molecule has 2 unspecified atom stereocenters. The molecule has 12 heteroatoms. The van der Waals surface area contributed by atoms with E-state index in [1.165, 1.54) is 9.80 Å². The fourth-order valence-corrected chi connectivity index (χ4v) is 8.39. The Labute approximate surface area is 337 Å². The van der Waals surface area contributed by atoms with Gasteiger partial charge >= 0.3 is 6.03 Å². The second-order valence-corrected chi connectivity index (χ2v) is 20.6. The number of hydrogen-bond acceptors (Lipinski definition) is 8. The number of methoxy groups -OCH3 is 3. The molecule has 2 aliphatic heterocycles. The van der Waals surface area contributed by atoms with Crippen LogP contribution in [0.15, 0.2) is 121 Å². The van der Waals surface area contributed by atoms with Crippen molar-refractivity contribution in [1.29, 1.82) is 0 Å².